The summed E-state index contributed by atoms with van der Waals surface area (Å²) < 4.78 is 5.04. The first-order valence-electron chi connectivity index (χ1n) is 13.2. The molecule has 0 saturated carbocycles. The lowest BCUT2D eigenvalue weighted by molar-refractivity contribution is 1.31. The van der Waals surface area contributed by atoms with Crippen molar-refractivity contribution in [2.45, 2.75) is 0 Å². The Hall–Kier alpha value is -4.15. The first-order valence-corrected chi connectivity index (χ1v) is 15.2. The highest BCUT2D eigenvalue weighted by atomic mass is 35.5. The summed E-state index contributed by atoms with van der Waals surface area (Å²) in [6.07, 6.45) is 0. The summed E-state index contributed by atoms with van der Waals surface area (Å²) in [6, 6.07) is 47.8. The van der Waals surface area contributed by atoms with E-state index in [4.69, 9.17) is 11.6 Å². The van der Waals surface area contributed by atoms with Crippen molar-refractivity contribution < 1.29 is 0 Å². The number of anilines is 3. The fraction of sp³-hybridized carbons (Fsp3) is 0. The molecule has 2 aromatic heterocycles. The zero-order valence-electron chi connectivity index (χ0n) is 21.3. The number of benzene rings is 6. The van der Waals surface area contributed by atoms with Crippen LogP contribution < -0.4 is 4.90 Å². The van der Waals surface area contributed by atoms with Gasteiger partial charge in [-0.15, -0.1) is 22.7 Å². The summed E-state index contributed by atoms with van der Waals surface area (Å²) in [6.45, 7) is 0. The van der Waals surface area contributed by atoms with Gasteiger partial charge >= 0.3 is 0 Å². The maximum Gasteiger partial charge on any atom is 0.0554 e. The molecule has 40 heavy (non-hydrogen) atoms. The Labute approximate surface area is 245 Å². The van der Waals surface area contributed by atoms with Gasteiger partial charge in [-0.05, 0) is 71.8 Å². The molecule has 0 radical (unpaired) electrons. The number of thiophene rings is 2. The average molecular weight is 568 g/mol. The lowest BCUT2D eigenvalue weighted by atomic mass is 10.0. The summed E-state index contributed by atoms with van der Waals surface area (Å²) in [4.78, 5) is 2.40. The van der Waals surface area contributed by atoms with Gasteiger partial charge in [-0.2, -0.15) is 0 Å². The van der Waals surface area contributed by atoms with E-state index in [1.54, 1.807) is 11.3 Å². The van der Waals surface area contributed by atoms with E-state index in [9.17, 15) is 0 Å². The van der Waals surface area contributed by atoms with E-state index in [-0.39, 0.29) is 0 Å². The topological polar surface area (TPSA) is 3.24 Å². The number of hydrogen-bond donors (Lipinski definition) is 0. The van der Waals surface area contributed by atoms with Gasteiger partial charge in [0.2, 0.25) is 0 Å². The van der Waals surface area contributed by atoms with Crippen molar-refractivity contribution >= 4 is 91.7 Å². The Morgan fingerprint density at radius 3 is 1.90 bits per heavy atom. The van der Waals surface area contributed by atoms with Crippen LogP contribution in [0.25, 0.3) is 51.5 Å². The van der Waals surface area contributed by atoms with E-state index in [1.807, 2.05) is 23.5 Å². The molecule has 0 aliphatic carbocycles. The molecule has 190 valence electrons. The van der Waals surface area contributed by atoms with Gasteiger partial charge in [-0.1, -0.05) is 84.4 Å². The van der Waals surface area contributed by atoms with E-state index in [0.29, 0.717) is 0 Å². The van der Waals surface area contributed by atoms with Crippen molar-refractivity contribution in [3.63, 3.8) is 0 Å². The summed E-state index contributed by atoms with van der Waals surface area (Å²) >= 11 is 10.4. The van der Waals surface area contributed by atoms with E-state index in [0.717, 1.165) is 21.8 Å². The zero-order valence-corrected chi connectivity index (χ0v) is 23.7. The van der Waals surface area contributed by atoms with Crippen LogP contribution in [0.15, 0.2) is 133 Å². The molecule has 0 fully saturated rings. The molecule has 0 spiro atoms. The third-order valence-electron chi connectivity index (χ3n) is 7.54. The Kier molecular flexibility index (Phi) is 5.63. The van der Waals surface area contributed by atoms with Crippen molar-refractivity contribution in [2.24, 2.45) is 0 Å². The Morgan fingerprint density at radius 2 is 1.07 bits per heavy atom. The highest BCUT2D eigenvalue weighted by molar-refractivity contribution is 7.26. The molecule has 0 unspecified atom stereocenters. The number of rotatable bonds is 4. The van der Waals surface area contributed by atoms with Crippen LogP contribution in [-0.2, 0) is 0 Å². The molecule has 0 bridgehead atoms. The highest BCUT2D eigenvalue weighted by Gasteiger charge is 2.20. The summed E-state index contributed by atoms with van der Waals surface area (Å²) in [5, 5.41) is 5.68. The van der Waals surface area contributed by atoms with E-state index in [1.165, 1.54) is 51.8 Å². The molecule has 6 aromatic carbocycles. The average Bonchev–Trinajstić information content (AvgIpc) is 3.57. The SMILES string of the molecule is Clc1cccc2sc3ccc(N(c4ccc(-c5ccccc5)cc4)c4cccc5sc6ccccc6c45)cc3c12. The van der Waals surface area contributed by atoms with Gasteiger partial charge in [0, 0.05) is 56.7 Å². The van der Waals surface area contributed by atoms with Crippen LogP contribution >= 0.6 is 34.3 Å². The first-order chi connectivity index (χ1) is 19.7. The van der Waals surface area contributed by atoms with Crippen LogP contribution in [0.5, 0.6) is 0 Å². The zero-order chi connectivity index (χ0) is 26.6. The minimum Gasteiger partial charge on any atom is -0.310 e. The molecule has 0 saturated heterocycles. The Balaban J connectivity index is 1.39. The van der Waals surface area contributed by atoms with Crippen molar-refractivity contribution in [3.05, 3.63) is 138 Å². The lowest BCUT2D eigenvalue weighted by Crippen LogP contribution is -2.10. The second kappa shape index (κ2) is 9.50. The standard InChI is InChI=1S/C36H22ClNS2/c37-29-11-6-14-33-35(29)28-22-26(20-21-32(28)40-33)38(25-18-16-24(17-19-25)23-8-2-1-3-9-23)30-12-7-15-34-36(30)27-10-4-5-13-31(27)39-34/h1-22H. The molecular weight excluding hydrogens is 546 g/mol. The molecule has 8 aromatic rings. The highest BCUT2D eigenvalue weighted by Crippen LogP contribution is 2.47. The molecule has 0 amide bonds. The quantitative estimate of drug-likeness (QED) is 0.204. The summed E-state index contributed by atoms with van der Waals surface area (Å²) in [7, 11) is 0. The molecule has 4 heteroatoms. The largest absolute Gasteiger partial charge is 0.310 e. The van der Waals surface area contributed by atoms with Crippen molar-refractivity contribution in [2.75, 3.05) is 4.90 Å². The maximum atomic E-state index is 6.74. The molecule has 0 N–H and O–H groups in total. The summed E-state index contributed by atoms with van der Waals surface area (Å²) in [5.41, 5.74) is 5.82. The van der Waals surface area contributed by atoms with E-state index >= 15 is 0 Å². The van der Waals surface area contributed by atoms with E-state index < -0.39 is 0 Å². The number of halogens is 1. The minimum absolute atomic E-state index is 0.797. The van der Waals surface area contributed by atoms with Gasteiger partial charge in [0.15, 0.2) is 0 Å². The van der Waals surface area contributed by atoms with Crippen LogP contribution in [0.2, 0.25) is 5.02 Å². The predicted octanol–water partition coefficient (Wildman–Crippen LogP) is 12.2. The fourth-order valence-electron chi connectivity index (χ4n) is 5.71. The molecular formula is C36H22ClNS2. The fourth-order valence-corrected chi connectivity index (χ4v) is 8.29. The molecule has 0 aliphatic heterocycles. The molecule has 2 heterocycles. The number of hydrogen-bond acceptors (Lipinski definition) is 3. The molecule has 0 atom stereocenters. The van der Waals surface area contributed by atoms with Crippen molar-refractivity contribution in [3.8, 4) is 11.1 Å². The Morgan fingerprint density at radius 1 is 0.450 bits per heavy atom. The second-order valence-corrected chi connectivity index (χ2v) is 12.5. The first kappa shape index (κ1) is 23.7. The molecule has 8 rings (SSSR count). The van der Waals surface area contributed by atoms with Crippen LogP contribution in [0.4, 0.5) is 17.1 Å². The lowest BCUT2D eigenvalue weighted by Gasteiger charge is -2.27. The number of nitrogens with zero attached hydrogens (tertiary/aromatic N) is 1. The third-order valence-corrected chi connectivity index (χ3v) is 10.1. The van der Waals surface area contributed by atoms with E-state index in [2.05, 4.69) is 126 Å². The maximum absolute atomic E-state index is 6.74. The second-order valence-electron chi connectivity index (χ2n) is 9.89. The number of fused-ring (bicyclic) bond motifs is 6. The van der Waals surface area contributed by atoms with Crippen LogP contribution in [0.1, 0.15) is 0 Å². The van der Waals surface area contributed by atoms with Crippen LogP contribution in [0.3, 0.4) is 0 Å². The van der Waals surface area contributed by atoms with Crippen molar-refractivity contribution in [1.82, 2.24) is 0 Å². The van der Waals surface area contributed by atoms with Gasteiger partial charge in [0.1, 0.15) is 0 Å². The predicted molar refractivity (Wildman–Crippen MR) is 177 cm³/mol. The van der Waals surface area contributed by atoms with Crippen LogP contribution in [0, 0.1) is 0 Å². The summed E-state index contributed by atoms with van der Waals surface area (Å²) in [5.74, 6) is 0. The third kappa shape index (κ3) is 3.82. The smallest absolute Gasteiger partial charge is 0.0554 e. The van der Waals surface area contributed by atoms with Gasteiger partial charge in [0.05, 0.1) is 5.69 Å². The molecule has 1 nitrogen and oxygen atoms in total. The van der Waals surface area contributed by atoms with Crippen molar-refractivity contribution in [1.29, 1.82) is 0 Å². The minimum atomic E-state index is 0.797. The normalized spacial score (nSPS) is 11.6. The van der Waals surface area contributed by atoms with Gasteiger partial charge in [-0.3, -0.25) is 0 Å². The van der Waals surface area contributed by atoms with Gasteiger partial charge < -0.3 is 4.90 Å². The Bertz CT molecular complexity index is 2180. The van der Waals surface area contributed by atoms with Gasteiger partial charge in [0.25, 0.3) is 0 Å². The van der Waals surface area contributed by atoms with Gasteiger partial charge in [-0.25, -0.2) is 0 Å². The monoisotopic (exact) mass is 567 g/mol. The molecule has 0 aliphatic rings. The van der Waals surface area contributed by atoms with Crippen LogP contribution in [-0.4, -0.2) is 0 Å².